The van der Waals surface area contributed by atoms with E-state index < -0.39 is 41.1 Å². The van der Waals surface area contributed by atoms with Gasteiger partial charge in [-0.2, -0.15) is 13.2 Å². The number of alkyl halides is 3. The summed E-state index contributed by atoms with van der Waals surface area (Å²) in [5.74, 6) is -4.44. The van der Waals surface area contributed by atoms with Crippen LogP contribution in [0.25, 0.3) is 0 Å². The molecule has 8 nitrogen and oxygen atoms in total. The van der Waals surface area contributed by atoms with Gasteiger partial charge >= 0.3 is 18.1 Å². The van der Waals surface area contributed by atoms with Crippen molar-refractivity contribution < 1.29 is 42.6 Å². The van der Waals surface area contributed by atoms with Gasteiger partial charge in [0.1, 0.15) is 0 Å². The van der Waals surface area contributed by atoms with Crippen molar-refractivity contribution in [2.24, 2.45) is 0 Å². The summed E-state index contributed by atoms with van der Waals surface area (Å²) in [6.45, 7) is 0. The number of hydrogen-bond donors (Lipinski definition) is 4. The highest BCUT2D eigenvalue weighted by Crippen LogP contribution is 2.34. The van der Waals surface area contributed by atoms with Gasteiger partial charge in [-0.3, -0.25) is 9.59 Å². The van der Waals surface area contributed by atoms with Gasteiger partial charge in [0, 0.05) is 10.6 Å². The maximum atomic E-state index is 12.9. The maximum Gasteiger partial charge on any atom is 0.416 e. The second-order valence-corrected chi connectivity index (χ2v) is 8.84. The number of anilines is 2. The van der Waals surface area contributed by atoms with Crippen LogP contribution in [0.4, 0.5) is 24.5 Å². The zero-order valence-electron chi connectivity index (χ0n) is 18.4. The minimum absolute atomic E-state index is 0.0619. The molecule has 0 atom stereocenters. The lowest BCUT2D eigenvalue weighted by atomic mass is 10.0. The topological polar surface area (TPSA) is 133 Å². The van der Waals surface area contributed by atoms with Gasteiger partial charge in [0.15, 0.2) is 0 Å². The lowest BCUT2D eigenvalue weighted by Crippen LogP contribution is -2.17. The van der Waals surface area contributed by atoms with E-state index in [0.29, 0.717) is 4.90 Å². The molecule has 0 aliphatic rings. The highest BCUT2D eigenvalue weighted by Gasteiger charge is 2.31. The number of benzene rings is 3. The Morgan fingerprint density at radius 3 is 2.24 bits per heavy atom. The Bertz CT molecular complexity index is 1400. The van der Waals surface area contributed by atoms with E-state index in [1.54, 1.807) is 12.1 Å². The van der Waals surface area contributed by atoms with E-state index in [1.807, 2.05) is 0 Å². The van der Waals surface area contributed by atoms with Crippen molar-refractivity contribution in [2.75, 3.05) is 16.4 Å². The van der Waals surface area contributed by atoms with Crippen molar-refractivity contribution in [3.63, 3.8) is 0 Å². The summed E-state index contributed by atoms with van der Waals surface area (Å²) in [6.07, 6.45) is -4.60. The van der Waals surface area contributed by atoms with Crippen LogP contribution in [0, 0.1) is 0 Å². The van der Waals surface area contributed by atoms with Crippen LogP contribution < -0.4 is 10.6 Å². The predicted molar refractivity (Wildman–Crippen MR) is 131 cm³/mol. The highest BCUT2D eigenvalue weighted by molar-refractivity contribution is 8.00. The van der Waals surface area contributed by atoms with Crippen LogP contribution in [0.15, 0.2) is 65.6 Å². The van der Waals surface area contributed by atoms with E-state index in [-0.39, 0.29) is 33.3 Å². The number of carbonyl (C=O) groups is 4. The van der Waals surface area contributed by atoms with Crippen molar-refractivity contribution in [1.82, 2.24) is 0 Å². The monoisotopic (exact) mass is 552 g/mol. The summed E-state index contributed by atoms with van der Waals surface area (Å²) in [6, 6.07) is 11.8. The van der Waals surface area contributed by atoms with Crippen LogP contribution in [0.5, 0.6) is 0 Å². The molecule has 3 aromatic carbocycles. The number of hydrogen-bond acceptors (Lipinski definition) is 5. The van der Waals surface area contributed by atoms with Crippen molar-refractivity contribution >= 4 is 58.5 Å². The first-order valence-electron chi connectivity index (χ1n) is 10.2. The molecule has 0 saturated carbocycles. The van der Waals surface area contributed by atoms with Gasteiger partial charge in [-0.15, -0.1) is 11.8 Å². The fraction of sp³-hybridized carbons (Fsp3) is 0.0833. The molecular formula is C24H16ClF3N2O6S. The molecule has 3 aromatic rings. The Kier molecular flexibility index (Phi) is 8.46. The summed E-state index contributed by atoms with van der Waals surface area (Å²) in [5, 5.41) is 23.2. The van der Waals surface area contributed by atoms with Crippen LogP contribution in [0.3, 0.4) is 0 Å². The minimum atomic E-state index is -4.60. The minimum Gasteiger partial charge on any atom is -0.478 e. The summed E-state index contributed by atoms with van der Waals surface area (Å²) < 4.78 is 38.7. The normalized spacial score (nSPS) is 11.0. The molecule has 3 rings (SSSR count). The fourth-order valence-electron chi connectivity index (χ4n) is 3.05. The Hall–Kier alpha value is -4.03. The summed E-state index contributed by atoms with van der Waals surface area (Å²) in [7, 11) is 0. The molecule has 2 amide bonds. The molecule has 0 bridgehead atoms. The van der Waals surface area contributed by atoms with Gasteiger partial charge < -0.3 is 20.8 Å². The van der Waals surface area contributed by atoms with Crippen LogP contribution in [0.2, 0.25) is 5.02 Å². The van der Waals surface area contributed by atoms with E-state index in [0.717, 1.165) is 48.2 Å². The van der Waals surface area contributed by atoms with Crippen molar-refractivity contribution in [2.45, 2.75) is 11.1 Å². The standard InChI is InChI=1S/C24H16ClF3N2O6S/c25-18-7-5-13(24(26,27)28)9-19(18)30-20(31)11-37-15-3-1-2-14(10-15)29-21(32)16-6-4-12(22(33)34)8-17(16)23(35)36/h1-10H,11H2,(H,29,32)(H,30,31)(H,33,34)(H,35,36). The van der Waals surface area contributed by atoms with Gasteiger partial charge in [0.2, 0.25) is 5.91 Å². The number of nitrogens with one attached hydrogen (secondary N) is 2. The lowest BCUT2D eigenvalue weighted by molar-refractivity contribution is -0.137. The molecule has 0 heterocycles. The maximum absolute atomic E-state index is 12.9. The summed E-state index contributed by atoms with van der Waals surface area (Å²) in [4.78, 5) is 48.0. The third-order valence-electron chi connectivity index (χ3n) is 4.77. The molecule has 0 fully saturated rings. The number of carboxylic acid groups (broad SMARTS) is 2. The molecule has 0 unspecified atom stereocenters. The Morgan fingerprint density at radius 2 is 1.59 bits per heavy atom. The molecule has 0 radical (unpaired) electrons. The number of rotatable bonds is 8. The number of thioether (sulfide) groups is 1. The highest BCUT2D eigenvalue weighted by atomic mass is 35.5. The zero-order valence-corrected chi connectivity index (χ0v) is 20.0. The quantitative estimate of drug-likeness (QED) is 0.262. The average Bonchev–Trinajstić information content (AvgIpc) is 2.83. The molecule has 37 heavy (non-hydrogen) atoms. The predicted octanol–water partition coefficient (Wildman–Crippen LogP) is 5.74. The third kappa shape index (κ3) is 7.24. The Morgan fingerprint density at radius 1 is 0.865 bits per heavy atom. The van der Waals surface area contributed by atoms with Crippen molar-refractivity contribution in [1.29, 1.82) is 0 Å². The SMILES string of the molecule is O=C(CSc1cccc(NC(=O)c2ccc(C(=O)O)cc2C(=O)O)c1)Nc1cc(C(F)(F)F)ccc1Cl. The summed E-state index contributed by atoms with van der Waals surface area (Å²) in [5.41, 5.74) is -1.94. The van der Waals surface area contributed by atoms with Gasteiger partial charge in [-0.25, -0.2) is 9.59 Å². The molecule has 0 saturated heterocycles. The average molecular weight is 553 g/mol. The van der Waals surface area contributed by atoms with Crippen LogP contribution in [0.1, 0.15) is 36.6 Å². The lowest BCUT2D eigenvalue weighted by Gasteiger charge is -2.12. The van der Waals surface area contributed by atoms with E-state index in [9.17, 15) is 37.5 Å². The van der Waals surface area contributed by atoms with Crippen molar-refractivity contribution in [3.05, 3.63) is 87.9 Å². The number of aromatic carboxylic acids is 2. The van der Waals surface area contributed by atoms with E-state index in [4.69, 9.17) is 16.7 Å². The Balaban J connectivity index is 1.67. The zero-order chi connectivity index (χ0) is 27.3. The molecule has 192 valence electrons. The van der Waals surface area contributed by atoms with E-state index in [1.165, 1.54) is 12.1 Å². The first kappa shape index (κ1) is 27.6. The van der Waals surface area contributed by atoms with E-state index in [2.05, 4.69) is 10.6 Å². The first-order valence-corrected chi connectivity index (χ1v) is 11.5. The van der Waals surface area contributed by atoms with Gasteiger partial charge in [-0.05, 0) is 54.6 Å². The second kappa shape index (κ2) is 11.4. The summed E-state index contributed by atoms with van der Waals surface area (Å²) >= 11 is 6.91. The molecule has 0 aromatic heterocycles. The van der Waals surface area contributed by atoms with Crippen LogP contribution in [-0.4, -0.2) is 39.7 Å². The van der Waals surface area contributed by atoms with Crippen LogP contribution in [-0.2, 0) is 11.0 Å². The molecule has 0 aliphatic heterocycles. The fourth-order valence-corrected chi connectivity index (χ4v) is 3.97. The molecule has 0 spiro atoms. The van der Waals surface area contributed by atoms with Gasteiger partial charge in [-0.1, -0.05) is 17.7 Å². The number of amides is 2. The molecular weight excluding hydrogens is 537 g/mol. The van der Waals surface area contributed by atoms with Gasteiger partial charge in [0.05, 0.1) is 38.7 Å². The second-order valence-electron chi connectivity index (χ2n) is 7.38. The number of carboxylic acids is 2. The first-order chi connectivity index (χ1) is 17.3. The van der Waals surface area contributed by atoms with Gasteiger partial charge in [0.25, 0.3) is 5.91 Å². The van der Waals surface area contributed by atoms with Crippen LogP contribution >= 0.6 is 23.4 Å². The number of halogens is 4. The molecule has 13 heteroatoms. The largest absolute Gasteiger partial charge is 0.478 e. The molecule has 0 aliphatic carbocycles. The third-order valence-corrected chi connectivity index (χ3v) is 6.09. The number of carbonyl (C=O) groups excluding carboxylic acids is 2. The van der Waals surface area contributed by atoms with Crippen molar-refractivity contribution in [3.8, 4) is 0 Å². The Labute approximate surface area is 216 Å². The molecule has 4 N–H and O–H groups in total. The van der Waals surface area contributed by atoms with E-state index >= 15 is 0 Å². The smallest absolute Gasteiger partial charge is 0.416 e.